The predicted molar refractivity (Wildman–Crippen MR) is 55.1 cm³/mol. The summed E-state index contributed by atoms with van der Waals surface area (Å²) in [4.78, 5) is 0. The Kier molecular flexibility index (Phi) is 3.33. The monoisotopic (exact) mass is 162 g/mol. The molecule has 0 unspecified atom stereocenters. The molecule has 0 saturated heterocycles. The highest BCUT2D eigenvalue weighted by molar-refractivity contribution is 5.35. The third kappa shape index (κ3) is 2.37. The van der Waals surface area contributed by atoms with Crippen molar-refractivity contribution in [3.05, 3.63) is 34.9 Å². The Morgan fingerprint density at radius 3 is 2.75 bits per heavy atom. The third-order valence-electron chi connectivity index (χ3n) is 2.37. The van der Waals surface area contributed by atoms with Crippen molar-refractivity contribution >= 4 is 0 Å². The summed E-state index contributed by atoms with van der Waals surface area (Å²) in [6.07, 6.45) is 10.4. The maximum Gasteiger partial charge on any atom is -0.0133 e. The molecule has 0 aromatic rings. The van der Waals surface area contributed by atoms with E-state index in [2.05, 4.69) is 39.0 Å². The summed E-state index contributed by atoms with van der Waals surface area (Å²) in [6, 6.07) is 0. The van der Waals surface area contributed by atoms with E-state index in [0.29, 0.717) is 0 Å². The van der Waals surface area contributed by atoms with E-state index in [1.165, 1.54) is 29.6 Å². The van der Waals surface area contributed by atoms with Crippen LogP contribution in [0.25, 0.3) is 0 Å². The fourth-order valence-corrected chi connectivity index (χ4v) is 1.44. The number of hydrogen-bond donors (Lipinski definition) is 0. The maximum atomic E-state index is 2.32. The standard InChI is InChI=1S/C12H18/c1-4-6-12-8-5-7-10(2)11(3)9-12/h5,8-9H,4,6-7H2,1-3H3. The van der Waals surface area contributed by atoms with Crippen LogP contribution in [0.1, 0.15) is 40.0 Å². The lowest BCUT2D eigenvalue weighted by atomic mass is 10.1. The summed E-state index contributed by atoms with van der Waals surface area (Å²) in [5.41, 5.74) is 4.42. The molecular weight excluding hydrogens is 144 g/mol. The molecule has 1 rings (SSSR count). The summed E-state index contributed by atoms with van der Waals surface area (Å²) in [6.45, 7) is 6.65. The molecule has 66 valence electrons. The molecule has 0 saturated carbocycles. The highest BCUT2D eigenvalue weighted by atomic mass is 14.0. The Morgan fingerprint density at radius 1 is 1.33 bits per heavy atom. The van der Waals surface area contributed by atoms with E-state index in [0.717, 1.165) is 6.42 Å². The molecule has 0 amide bonds. The molecule has 0 spiro atoms. The lowest BCUT2D eigenvalue weighted by molar-refractivity contribution is 0.925. The Hall–Kier alpha value is -0.780. The second-order valence-electron chi connectivity index (χ2n) is 3.54. The lowest BCUT2D eigenvalue weighted by Crippen LogP contribution is -1.79. The largest absolute Gasteiger partial charge is 0.0802 e. The van der Waals surface area contributed by atoms with E-state index in [9.17, 15) is 0 Å². The van der Waals surface area contributed by atoms with Gasteiger partial charge in [0.15, 0.2) is 0 Å². The Labute approximate surface area is 75.7 Å². The quantitative estimate of drug-likeness (QED) is 0.575. The minimum absolute atomic E-state index is 1.12. The molecule has 0 nitrogen and oxygen atoms in total. The highest BCUT2D eigenvalue weighted by Crippen LogP contribution is 2.19. The van der Waals surface area contributed by atoms with Gasteiger partial charge in [0.2, 0.25) is 0 Å². The SMILES string of the molecule is CCCC1=CC(C)=C(C)CC=C1. The Bertz CT molecular complexity index is 239. The highest BCUT2D eigenvalue weighted by Gasteiger charge is 1.99. The van der Waals surface area contributed by atoms with Gasteiger partial charge in [0.25, 0.3) is 0 Å². The third-order valence-corrected chi connectivity index (χ3v) is 2.37. The first-order valence-corrected chi connectivity index (χ1v) is 4.77. The van der Waals surface area contributed by atoms with Crippen molar-refractivity contribution in [1.82, 2.24) is 0 Å². The fraction of sp³-hybridized carbons (Fsp3) is 0.500. The molecule has 1 aliphatic carbocycles. The van der Waals surface area contributed by atoms with Crippen LogP contribution in [0.15, 0.2) is 34.9 Å². The van der Waals surface area contributed by atoms with Crippen molar-refractivity contribution in [3.63, 3.8) is 0 Å². The van der Waals surface area contributed by atoms with Crippen LogP contribution in [-0.4, -0.2) is 0 Å². The van der Waals surface area contributed by atoms with Crippen LogP contribution in [0, 0.1) is 0 Å². The van der Waals surface area contributed by atoms with Crippen molar-refractivity contribution < 1.29 is 0 Å². The molecule has 12 heavy (non-hydrogen) atoms. The van der Waals surface area contributed by atoms with Crippen LogP contribution < -0.4 is 0 Å². The minimum Gasteiger partial charge on any atom is -0.0802 e. The zero-order valence-corrected chi connectivity index (χ0v) is 8.35. The van der Waals surface area contributed by atoms with Crippen molar-refractivity contribution in [3.8, 4) is 0 Å². The summed E-state index contributed by atoms with van der Waals surface area (Å²) in [5, 5.41) is 0. The first-order chi connectivity index (χ1) is 5.74. The zero-order chi connectivity index (χ0) is 8.97. The molecule has 0 aliphatic heterocycles. The molecule has 0 heterocycles. The molecule has 1 aliphatic rings. The number of rotatable bonds is 2. The van der Waals surface area contributed by atoms with E-state index in [-0.39, 0.29) is 0 Å². The Morgan fingerprint density at radius 2 is 2.08 bits per heavy atom. The molecular formula is C12H18. The predicted octanol–water partition coefficient (Wildman–Crippen LogP) is 4.01. The smallest absolute Gasteiger partial charge is 0.0133 e. The Balaban J connectivity index is 2.81. The normalized spacial score (nSPS) is 17.8. The van der Waals surface area contributed by atoms with Gasteiger partial charge < -0.3 is 0 Å². The van der Waals surface area contributed by atoms with Gasteiger partial charge in [-0.05, 0) is 32.3 Å². The van der Waals surface area contributed by atoms with Gasteiger partial charge in [-0.25, -0.2) is 0 Å². The first-order valence-electron chi connectivity index (χ1n) is 4.77. The summed E-state index contributed by atoms with van der Waals surface area (Å²) in [7, 11) is 0. The summed E-state index contributed by atoms with van der Waals surface area (Å²) in [5.74, 6) is 0. The van der Waals surface area contributed by atoms with Crippen molar-refractivity contribution in [2.75, 3.05) is 0 Å². The average Bonchev–Trinajstić information content (AvgIpc) is 2.16. The van der Waals surface area contributed by atoms with Gasteiger partial charge in [0, 0.05) is 0 Å². The average molecular weight is 162 g/mol. The van der Waals surface area contributed by atoms with Crippen LogP contribution in [0.5, 0.6) is 0 Å². The van der Waals surface area contributed by atoms with Gasteiger partial charge in [-0.3, -0.25) is 0 Å². The second kappa shape index (κ2) is 4.30. The van der Waals surface area contributed by atoms with E-state index in [1.54, 1.807) is 0 Å². The van der Waals surface area contributed by atoms with E-state index >= 15 is 0 Å². The van der Waals surface area contributed by atoms with E-state index in [1.807, 2.05) is 0 Å². The van der Waals surface area contributed by atoms with Crippen molar-refractivity contribution in [1.29, 1.82) is 0 Å². The maximum absolute atomic E-state index is 2.32. The molecule has 0 atom stereocenters. The van der Waals surface area contributed by atoms with Crippen LogP contribution >= 0.6 is 0 Å². The number of allylic oxidation sites excluding steroid dienone is 6. The molecule has 0 aromatic heterocycles. The van der Waals surface area contributed by atoms with Gasteiger partial charge in [-0.2, -0.15) is 0 Å². The van der Waals surface area contributed by atoms with Gasteiger partial charge >= 0.3 is 0 Å². The topological polar surface area (TPSA) is 0 Å². The van der Waals surface area contributed by atoms with Crippen LogP contribution in [0.4, 0.5) is 0 Å². The fourth-order valence-electron chi connectivity index (χ4n) is 1.44. The molecule has 0 bridgehead atoms. The van der Waals surface area contributed by atoms with Gasteiger partial charge in [-0.15, -0.1) is 0 Å². The van der Waals surface area contributed by atoms with Crippen LogP contribution in [-0.2, 0) is 0 Å². The molecule has 0 fully saturated rings. The van der Waals surface area contributed by atoms with Crippen LogP contribution in [0.2, 0.25) is 0 Å². The summed E-state index contributed by atoms with van der Waals surface area (Å²) < 4.78 is 0. The first kappa shape index (κ1) is 9.31. The molecule has 0 N–H and O–H groups in total. The van der Waals surface area contributed by atoms with E-state index < -0.39 is 0 Å². The van der Waals surface area contributed by atoms with Crippen molar-refractivity contribution in [2.24, 2.45) is 0 Å². The summed E-state index contributed by atoms with van der Waals surface area (Å²) >= 11 is 0. The molecule has 0 radical (unpaired) electrons. The van der Waals surface area contributed by atoms with Crippen LogP contribution in [0.3, 0.4) is 0 Å². The van der Waals surface area contributed by atoms with Gasteiger partial charge in [-0.1, -0.05) is 42.7 Å². The second-order valence-corrected chi connectivity index (χ2v) is 3.54. The van der Waals surface area contributed by atoms with Crippen molar-refractivity contribution in [2.45, 2.75) is 40.0 Å². The molecule has 0 aromatic carbocycles. The number of hydrogen-bond acceptors (Lipinski definition) is 0. The van der Waals surface area contributed by atoms with Gasteiger partial charge in [0.1, 0.15) is 0 Å². The molecule has 0 heteroatoms. The minimum atomic E-state index is 1.12. The lowest BCUT2D eigenvalue weighted by Gasteiger charge is -1.99. The van der Waals surface area contributed by atoms with Gasteiger partial charge in [0.05, 0.1) is 0 Å². The van der Waals surface area contributed by atoms with E-state index in [4.69, 9.17) is 0 Å². The zero-order valence-electron chi connectivity index (χ0n) is 8.35.